The van der Waals surface area contributed by atoms with Gasteiger partial charge in [-0.2, -0.15) is 0 Å². The van der Waals surface area contributed by atoms with Crippen molar-refractivity contribution in [3.63, 3.8) is 0 Å². The number of nitrogens with zero attached hydrogens (tertiary/aromatic N) is 1. The second-order valence-electron chi connectivity index (χ2n) is 5.22. The first-order valence-corrected chi connectivity index (χ1v) is 6.74. The number of benzene rings is 1. The minimum absolute atomic E-state index is 0.120. The SMILES string of the molecule is Cc1ccc(CNC(=O)CON=C(N)CC(C)C)cc1. The number of hydrogen-bond acceptors (Lipinski definition) is 3. The number of carbonyl (C=O) groups excluding carboxylic acids is 1. The highest BCUT2D eigenvalue weighted by molar-refractivity contribution is 5.80. The van der Waals surface area contributed by atoms with Crippen LogP contribution in [0.5, 0.6) is 0 Å². The van der Waals surface area contributed by atoms with Gasteiger partial charge in [0.2, 0.25) is 0 Å². The molecule has 0 aliphatic heterocycles. The maximum absolute atomic E-state index is 11.5. The van der Waals surface area contributed by atoms with Gasteiger partial charge in [-0.1, -0.05) is 48.8 Å². The van der Waals surface area contributed by atoms with E-state index in [2.05, 4.69) is 10.5 Å². The van der Waals surface area contributed by atoms with Crippen molar-refractivity contribution >= 4 is 11.7 Å². The van der Waals surface area contributed by atoms with E-state index in [0.717, 1.165) is 5.56 Å². The third kappa shape index (κ3) is 6.78. The van der Waals surface area contributed by atoms with E-state index in [4.69, 9.17) is 10.6 Å². The van der Waals surface area contributed by atoms with Crippen molar-refractivity contribution in [3.8, 4) is 0 Å². The van der Waals surface area contributed by atoms with Crippen LogP contribution in [0.25, 0.3) is 0 Å². The van der Waals surface area contributed by atoms with Crippen LogP contribution >= 0.6 is 0 Å². The molecule has 0 fully saturated rings. The molecule has 0 unspecified atom stereocenters. The fraction of sp³-hybridized carbons (Fsp3) is 0.467. The van der Waals surface area contributed by atoms with Gasteiger partial charge >= 0.3 is 0 Å². The van der Waals surface area contributed by atoms with Crippen LogP contribution in [0.1, 0.15) is 31.4 Å². The van der Waals surface area contributed by atoms with Crippen LogP contribution in [0.3, 0.4) is 0 Å². The summed E-state index contributed by atoms with van der Waals surface area (Å²) >= 11 is 0. The van der Waals surface area contributed by atoms with Gasteiger partial charge in [-0.05, 0) is 18.4 Å². The Morgan fingerprint density at radius 1 is 1.35 bits per heavy atom. The van der Waals surface area contributed by atoms with Crippen molar-refractivity contribution < 1.29 is 9.63 Å². The van der Waals surface area contributed by atoms with Crippen LogP contribution in [-0.4, -0.2) is 18.3 Å². The van der Waals surface area contributed by atoms with Crippen LogP contribution in [0.2, 0.25) is 0 Å². The van der Waals surface area contributed by atoms with Crippen LogP contribution in [0.15, 0.2) is 29.4 Å². The van der Waals surface area contributed by atoms with E-state index in [1.54, 1.807) is 0 Å². The fourth-order valence-corrected chi connectivity index (χ4v) is 1.59. The Morgan fingerprint density at radius 2 is 2.00 bits per heavy atom. The van der Waals surface area contributed by atoms with Gasteiger partial charge in [0.25, 0.3) is 5.91 Å². The summed E-state index contributed by atoms with van der Waals surface area (Å²) in [7, 11) is 0. The summed E-state index contributed by atoms with van der Waals surface area (Å²) in [5, 5.41) is 6.46. The van der Waals surface area contributed by atoms with Gasteiger partial charge in [0.1, 0.15) is 5.84 Å². The Morgan fingerprint density at radius 3 is 2.60 bits per heavy atom. The lowest BCUT2D eigenvalue weighted by Gasteiger charge is -2.06. The number of rotatable bonds is 7. The predicted molar refractivity (Wildman–Crippen MR) is 80.1 cm³/mol. The van der Waals surface area contributed by atoms with E-state index < -0.39 is 0 Å². The normalized spacial score (nSPS) is 11.5. The maximum Gasteiger partial charge on any atom is 0.261 e. The maximum atomic E-state index is 11.5. The lowest BCUT2D eigenvalue weighted by Crippen LogP contribution is -2.27. The Kier molecular flexibility index (Phi) is 6.56. The molecule has 1 aromatic rings. The molecule has 0 atom stereocenters. The van der Waals surface area contributed by atoms with Gasteiger partial charge in [0.15, 0.2) is 6.61 Å². The molecule has 1 amide bonds. The average Bonchev–Trinajstić information content (AvgIpc) is 2.37. The molecule has 110 valence electrons. The highest BCUT2D eigenvalue weighted by Gasteiger charge is 2.03. The van der Waals surface area contributed by atoms with Gasteiger partial charge in [-0.25, -0.2) is 0 Å². The molecule has 0 saturated carbocycles. The molecule has 0 aliphatic rings. The topological polar surface area (TPSA) is 76.7 Å². The summed E-state index contributed by atoms with van der Waals surface area (Å²) in [5.74, 6) is 0.607. The van der Waals surface area contributed by atoms with Crippen molar-refractivity contribution in [1.82, 2.24) is 5.32 Å². The molecular weight excluding hydrogens is 254 g/mol. The molecule has 20 heavy (non-hydrogen) atoms. The molecule has 1 aromatic carbocycles. The number of nitrogens with two attached hydrogens (primary N) is 1. The van der Waals surface area contributed by atoms with E-state index in [9.17, 15) is 4.79 Å². The molecule has 1 rings (SSSR count). The zero-order chi connectivity index (χ0) is 15.0. The van der Waals surface area contributed by atoms with Crippen molar-refractivity contribution in [2.24, 2.45) is 16.8 Å². The molecule has 0 aliphatic carbocycles. The number of aryl methyl sites for hydroxylation is 1. The Hall–Kier alpha value is -2.04. The number of amides is 1. The average molecular weight is 277 g/mol. The third-order valence-corrected chi connectivity index (χ3v) is 2.61. The van der Waals surface area contributed by atoms with E-state index in [0.29, 0.717) is 24.7 Å². The molecule has 5 heteroatoms. The standard InChI is InChI=1S/C15H23N3O2/c1-11(2)8-14(16)18-20-10-15(19)17-9-13-6-4-12(3)5-7-13/h4-7,11H,8-10H2,1-3H3,(H2,16,18)(H,17,19). The molecule has 0 radical (unpaired) electrons. The predicted octanol–water partition coefficient (Wildman–Crippen LogP) is 1.95. The lowest BCUT2D eigenvalue weighted by molar-refractivity contribution is -0.125. The highest BCUT2D eigenvalue weighted by atomic mass is 16.6. The second-order valence-corrected chi connectivity index (χ2v) is 5.22. The summed E-state index contributed by atoms with van der Waals surface area (Å²) in [6.07, 6.45) is 0.658. The quantitative estimate of drug-likeness (QED) is 0.454. The molecule has 0 aromatic heterocycles. The largest absolute Gasteiger partial charge is 0.384 e. The number of amidine groups is 1. The zero-order valence-corrected chi connectivity index (χ0v) is 12.3. The summed E-state index contributed by atoms with van der Waals surface area (Å²) < 4.78 is 0. The smallest absolute Gasteiger partial charge is 0.261 e. The fourth-order valence-electron chi connectivity index (χ4n) is 1.59. The second kappa shape index (κ2) is 8.19. The first-order chi connectivity index (χ1) is 9.47. The van der Waals surface area contributed by atoms with Gasteiger partial charge in [0.05, 0.1) is 0 Å². The molecule has 0 spiro atoms. The molecule has 0 saturated heterocycles. The summed E-state index contributed by atoms with van der Waals surface area (Å²) in [6.45, 7) is 6.46. The van der Waals surface area contributed by atoms with Crippen molar-refractivity contribution in [2.45, 2.75) is 33.7 Å². The van der Waals surface area contributed by atoms with Crippen LogP contribution in [0, 0.1) is 12.8 Å². The van der Waals surface area contributed by atoms with Gasteiger partial charge < -0.3 is 15.9 Å². The number of hydrogen-bond donors (Lipinski definition) is 2. The number of carbonyl (C=O) groups is 1. The van der Waals surface area contributed by atoms with Gasteiger partial charge in [0, 0.05) is 13.0 Å². The minimum Gasteiger partial charge on any atom is -0.384 e. The summed E-state index contributed by atoms with van der Waals surface area (Å²) in [6, 6.07) is 7.98. The monoisotopic (exact) mass is 277 g/mol. The highest BCUT2D eigenvalue weighted by Crippen LogP contribution is 2.02. The molecule has 5 nitrogen and oxygen atoms in total. The van der Waals surface area contributed by atoms with Gasteiger partial charge in [-0.15, -0.1) is 0 Å². The number of oxime groups is 1. The molecule has 0 heterocycles. The van der Waals surface area contributed by atoms with Gasteiger partial charge in [-0.3, -0.25) is 4.79 Å². The summed E-state index contributed by atoms with van der Waals surface area (Å²) in [5.41, 5.74) is 7.87. The molecular formula is C15H23N3O2. The zero-order valence-electron chi connectivity index (χ0n) is 12.3. The van der Waals surface area contributed by atoms with Crippen LogP contribution in [-0.2, 0) is 16.2 Å². The first-order valence-electron chi connectivity index (χ1n) is 6.74. The first kappa shape index (κ1) is 16.0. The lowest BCUT2D eigenvalue weighted by atomic mass is 10.1. The van der Waals surface area contributed by atoms with Crippen LogP contribution < -0.4 is 11.1 Å². The third-order valence-electron chi connectivity index (χ3n) is 2.61. The van der Waals surface area contributed by atoms with E-state index in [1.165, 1.54) is 5.56 Å². The van der Waals surface area contributed by atoms with Crippen LogP contribution in [0.4, 0.5) is 0 Å². The molecule has 0 bridgehead atoms. The minimum atomic E-state index is -0.216. The Bertz CT molecular complexity index is 453. The van der Waals surface area contributed by atoms with E-state index in [1.807, 2.05) is 45.0 Å². The van der Waals surface area contributed by atoms with Crippen molar-refractivity contribution in [2.75, 3.05) is 6.61 Å². The van der Waals surface area contributed by atoms with E-state index >= 15 is 0 Å². The van der Waals surface area contributed by atoms with Crippen molar-refractivity contribution in [3.05, 3.63) is 35.4 Å². The Balaban J connectivity index is 2.25. The molecule has 3 N–H and O–H groups in total. The number of nitrogens with one attached hydrogen (secondary N) is 1. The van der Waals surface area contributed by atoms with E-state index in [-0.39, 0.29) is 12.5 Å². The summed E-state index contributed by atoms with van der Waals surface area (Å²) in [4.78, 5) is 16.5. The Labute approximate surface area is 120 Å². The van der Waals surface area contributed by atoms with Crippen molar-refractivity contribution in [1.29, 1.82) is 0 Å².